The number of hydrogen-bond acceptors (Lipinski definition) is 3. The lowest BCUT2D eigenvalue weighted by Gasteiger charge is -2.32. The summed E-state index contributed by atoms with van der Waals surface area (Å²) < 4.78 is 5.79. The first-order valence-electron chi connectivity index (χ1n) is 6.18. The molecule has 0 amide bonds. The van der Waals surface area contributed by atoms with Gasteiger partial charge in [-0.25, -0.2) is 0 Å². The number of hydrogen-bond donors (Lipinski definition) is 2. The van der Waals surface area contributed by atoms with E-state index in [1.54, 1.807) is 0 Å². The lowest BCUT2D eigenvalue weighted by molar-refractivity contribution is 0.250. The molecule has 5 heteroatoms. The van der Waals surface area contributed by atoms with Crippen molar-refractivity contribution in [2.75, 3.05) is 0 Å². The summed E-state index contributed by atoms with van der Waals surface area (Å²) in [6.45, 7) is 3.37. The first kappa shape index (κ1) is 14.2. The van der Waals surface area contributed by atoms with Crippen molar-refractivity contribution in [2.45, 2.75) is 13.1 Å². The molecule has 2 N–H and O–H groups in total. The molecule has 0 bridgehead atoms. The van der Waals surface area contributed by atoms with E-state index in [0.717, 1.165) is 10.4 Å². The molecule has 0 fully saturated rings. The van der Waals surface area contributed by atoms with Crippen LogP contribution in [-0.2, 0) is 4.12 Å². The Morgan fingerprint density at radius 1 is 0.737 bits per heavy atom. The van der Waals surface area contributed by atoms with E-state index < -0.39 is 17.1 Å². The predicted molar refractivity (Wildman–Crippen MR) is 80.9 cm³/mol. The Kier molecular flexibility index (Phi) is 4.03. The highest BCUT2D eigenvalue weighted by Crippen LogP contribution is 2.11. The normalized spacial score (nSPS) is 12.4. The maximum atomic E-state index is 9.78. The van der Waals surface area contributed by atoms with Crippen molar-refractivity contribution in [1.29, 1.82) is 0 Å². The highest BCUT2D eigenvalue weighted by atomic mass is 28.5. The maximum Gasteiger partial charge on any atom is 0.482 e. The topological polar surface area (TPSA) is 49.7 Å². The SMILES string of the molecule is C[Si](O)(O)O[Si](C)(c1ccccc1)c1ccccc1. The second-order valence-electron chi connectivity index (χ2n) is 4.80. The molecule has 0 aliphatic heterocycles. The second kappa shape index (κ2) is 5.40. The van der Waals surface area contributed by atoms with Crippen LogP contribution in [0.2, 0.25) is 13.1 Å². The molecule has 0 aliphatic rings. The Hall–Kier alpha value is -1.25. The molecule has 2 aromatic rings. The third-order valence-corrected chi connectivity index (χ3v) is 9.10. The van der Waals surface area contributed by atoms with Gasteiger partial charge in [0.25, 0.3) is 0 Å². The summed E-state index contributed by atoms with van der Waals surface area (Å²) in [6.07, 6.45) is 0. The van der Waals surface area contributed by atoms with E-state index in [1.165, 1.54) is 6.55 Å². The quantitative estimate of drug-likeness (QED) is 0.824. The van der Waals surface area contributed by atoms with Gasteiger partial charge in [0.1, 0.15) is 0 Å². The van der Waals surface area contributed by atoms with Crippen LogP contribution in [0.4, 0.5) is 0 Å². The average molecular weight is 290 g/mol. The van der Waals surface area contributed by atoms with Crippen molar-refractivity contribution in [1.82, 2.24) is 0 Å². The predicted octanol–water partition coefficient (Wildman–Crippen LogP) is 0.946. The van der Waals surface area contributed by atoms with Gasteiger partial charge in [-0.1, -0.05) is 60.7 Å². The van der Waals surface area contributed by atoms with Gasteiger partial charge in [0.15, 0.2) is 0 Å². The van der Waals surface area contributed by atoms with Crippen LogP contribution in [0.1, 0.15) is 0 Å². The summed E-state index contributed by atoms with van der Waals surface area (Å²) in [7, 11) is -6.17. The first-order chi connectivity index (χ1) is 8.92. The van der Waals surface area contributed by atoms with Crippen LogP contribution in [-0.4, -0.2) is 26.7 Å². The van der Waals surface area contributed by atoms with Gasteiger partial charge in [0.05, 0.1) is 0 Å². The molecule has 0 aromatic heterocycles. The van der Waals surface area contributed by atoms with Crippen LogP contribution < -0.4 is 10.4 Å². The lowest BCUT2D eigenvalue weighted by atomic mass is 10.4. The monoisotopic (exact) mass is 290 g/mol. The van der Waals surface area contributed by atoms with E-state index in [1.807, 2.05) is 67.2 Å². The Labute approximate surface area is 115 Å². The van der Waals surface area contributed by atoms with Crippen molar-refractivity contribution >= 4 is 27.5 Å². The minimum atomic E-state index is -3.60. The van der Waals surface area contributed by atoms with Gasteiger partial charge < -0.3 is 13.7 Å². The van der Waals surface area contributed by atoms with E-state index in [4.69, 9.17) is 4.12 Å². The third kappa shape index (κ3) is 3.40. The minimum absolute atomic E-state index is 1.03. The Balaban J connectivity index is 2.51. The average Bonchev–Trinajstić information content (AvgIpc) is 2.39. The van der Waals surface area contributed by atoms with Crippen LogP contribution in [0.3, 0.4) is 0 Å². The number of benzene rings is 2. The summed E-state index contributed by atoms with van der Waals surface area (Å²) >= 11 is 0. The standard InChI is InChI=1S/C14H18O3Si2/c1-18(17-19(2,15)16,13-9-5-3-6-10-13)14-11-7-4-8-12-14/h3-12,15-16H,1-2H3. The number of rotatable bonds is 4. The van der Waals surface area contributed by atoms with Crippen LogP contribution in [0.25, 0.3) is 0 Å². The van der Waals surface area contributed by atoms with E-state index in [-0.39, 0.29) is 0 Å². The molecule has 0 spiro atoms. The molecule has 2 aromatic carbocycles. The summed E-state index contributed by atoms with van der Waals surface area (Å²) in [4.78, 5) is 19.6. The van der Waals surface area contributed by atoms with Crippen LogP contribution in [0.5, 0.6) is 0 Å². The van der Waals surface area contributed by atoms with Gasteiger partial charge in [-0.05, 0) is 16.9 Å². The molecule has 0 unspecified atom stereocenters. The van der Waals surface area contributed by atoms with E-state index in [2.05, 4.69) is 0 Å². The van der Waals surface area contributed by atoms with Gasteiger partial charge in [0.2, 0.25) is 8.32 Å². The van der Waals surface area contributed by atoms with Crippen LogP contribution in [0.15, 0.2) is 60.7 Å². The second-order valence-corrected chi connectivity index (χ2v) is 10.7. The fourth-order valence-electron chi connectivity index (χ4n) is 2.18. The molecular weight excluding hydrogens is 272 g/mol. The minimum Gasteiger partial charge on any atom is -0.407 e. The highest BCUT2D eigenvalue weighted by Gasteiger charge is 2.41. The van der Waals surface area contributed by atoms with Gasteiger partial charge >= 0.3 is 8.80 Å². The molecule has 0 atom stereocenters. The molecule has 0 radical (unpaired) electrons. The van der Waals surface area contributed by atoms with E-state index >= 15 is 0 Å². The van der Waals surface area contributed by atoms with Crippen LogP contribution >= 0.6 is 0 Å². The van der Waals surface area contributed by atoms with E-state index in [0.29, 0.717) is 0 Å². The van der Waals surface area contributed by atoms with E-state index in [9.17, 15) is 9.59 Å². The van der Waals surface area contributed by atoms with Crippen molar-refractivity contribution in [3.8, 4) is 0 Å². The third-order valence-electron chi connectivity index (χ3n) is 3.05. The van der Waals surface area contributed by atoms with Crippen molar-refractivity contribution in [2.24, 2.45) is 0 Å². The van der Waals surface area contributed by atoms with Gasteiger partial charge in [-0.2, -0.15) is 0 Å². The fourth-order valence-corrected chi connectivity index (χ4v) is 8.21. The zero-order chi connectivity index (χ0) is 13.9. The highest BCUT2D eigenvalue weighted by molar-refractivity contribution is 7.00. The summed E-state index contributed by atoms with van der Waals surface area (Å²) in [5.41, 5.74) is 0. The molecule has 100 valence electrons. The largest absolute Gasteiger partial charge is 0.482 e. The maximum absolute atomic E-state index is 9.78. The molecule has 0 saturated carbocycles. The molecule has 0 heterocycles. The van der Waals surface area contributed by atoms with Gasteiger partial charge in [-0.3, -0.25) is 0 Å². The lowest BCUT2D eigenvalue weighted by Crippen LogP contribution is -2.63. The fraction of sp³-hybridized carbons (Fsp3) is 0.143. The Bertz CT molecular complexity index is 484. The molecule has 19 heavy (non-hydrogen) atoms. The zero-order valence-electron chi connectivity index (χ0n) is 11.1. The summed E-state index contributed by atoms with van der Waals surface area (Å²) in [5, 5.41) is 2.06. The molecular formula is C14H18O3Si2. The van der Waals surface area contributed by atoms with Crippen molar-refractivity contribution < 1.29 is 13.7 Å². The first-order valence-corrected chi connectivity index (χ1v) is 10.9. The molecule has 0 aliphatic carbocycles. The van der Waals surface area contributed by atoms with Crippen molar-refractivity contribution in [3.05, 3.63) is 60.7 Å². The van der Waals surface area contributed by atoms with Gasteiger partial charge in [-0.15, -0.1) is 0 Å². The van der Waals surface area contributed by atoms with Gasteiger partial charge in [0, 0.05) is 6.55 Å². The smallest absolute Gasteiger partial charge is 0.407 e. The zero-order valence-corrected chi connectivity index (χ0v) is 13.1. The summed E-state index contributed by atoms with van der Waals surface area (Å²) in [6, 6.07) is 19.6. The Morgan fingerprint density at radius 3 is 1.42 bits per heavy atom. The molecule has 2 rings (SSSR count). The molecule has 3 nitrogen and oxygen atoms in total. The summed E-state index contributed by atoms with van der Waals surface area (Å²) in [5.74, 6) is 0. The molecule has 0 saturated heterocycles. The van der Waals surface area contributed by atoms with Crippen molar-refractivity contribution in [3.63, 3.8) is 0 Å². The van der Waals surface area contributed by atoms with Crippen LogP contribution in [0, 0.1) is 0 Å². The Morgan fingerprint density at radius 2 is 1.11 bits per heavy atom.